The summed E-state index contributed by atoms with van der Waals surface area (Å²) in [6.45, 7) is 5.48. The van der Waals surface area contributed by atoms with Gasteiger partial charge in [-0.2, -0.15) is 0 Å². The summed E-state index contributed by atoms with van der Waals surface area (Å²) in [6.07, 6.45) is 0. The van der Waals surface area contributed by atoms with Gasteiger partial charge in [0.15, 0.2) is 0 Å². The first-order chi connectivity index (χ1) is 7.62. The maximum Gasteiger partial charge on any atom is 0.242 e. The number of nitrogens with two attached hydrogens (primary N) is 1. The lowest BCUT2D eigenvalue weighted by Gasteiger charge is -2.19. The van der Waals surface area contributed by atoms with E-state index in [0.29, 0.717) is 0 Å². The second-order valence-electron chi connectivity index (χ2n) is 4.75. The van der Waals surface area contributed by atoms with Crippen molar-refractivity contribution >= 4 is 21.6 Å². The number of hydrogen-bond acceptors (Lipinski definition) is 3. The molecule has 0 spiro atoms. The predicted octanol–water partition coefficient (Wildman–Crippen LogP) is 1.66. The van der Waals surface area contributed by atoms with E-state index in [4.69, 9.17) is 17.3 Å². The lowest BCUT2D eigenvalue weighted by molar-refractivity contribution is 0.498. The second-order valence-corrected chi connectivity index (χ2v) is 6.89. The molecule has 0 unspecified atom stereocenters. The molecular weight excluding hydrogens is 260 g/mol. The molecule has 0 aliphatic carbocycles. The molecule has 0 radical (unpaired) electrons. The van der Waals surface area contributed by atoms with Crippen LogP contribution in [-0.2, 0) is 10.0 Å². The first-order valence-electron chi connectivity index (χ1n) is 5.16. The van der Waals surface area contributed by atoms with E-state index in [1.54, 1.807) is 26.0 Å². The molecule has 1 aromatic rings. The largest absolute Gasteiger partial charge is 0.324 e. The van der Waals surface area contributed by atoms with Gasteiger partial charge in [0.1, 0.15) is 4.90 Å². The Balaban J connectivity index is 2.98. The summed E-state index contributed by atoms with van der Waals surface area (Å²) in [6, 6.07) is 4.81. The molecule has 96 valence electrons. The topological polar surface area (TPSA) is 72.2 Å². The molecule has 4 nitrogen and oxygen atoms in total. The van der Waals surface area contributed by atoms with Gasteiger partial charge in [0.25, 0.3) is 0 Å². The van der Waals surface area contributed by atoms with Crippen LogP contribution in [0.3, 0.4) is 0 Å². The summed E-state index contributed by atoms with van der Waals surface area (Å²) in [5.74, 6) is 0. The molecule has 0 heterocycles. The zero-order chi connectivity index (χ0) is 13.3. The third-order valence-corrected chi connectivity index (χ3v) is 3.98. The fraction of sp³-hybridized carbons (Fsp3) is 0.455. The van der Waals surface area contributed by atoms with Crippen molar-refractivity contribution in [3.8, 4) is 0 Å². The van der Waals surface area contributed by atoms with Crippen molar-refractivity contribution in [1.82, 2.24) is 4.72 Å². The van der Waals surface area contributed by atoms with Crippen molar-refractivity contribution in [2.75, 3.05) is 6.54 Å². The lowest BCUT2D eigenvalue weighted by Crippen LogP contribution is -2.45. The van der Waals surface area contributed by atoms with Gasteiger partial charge in [-0.25, -0.2) is 13.1 Å². The van der Waals surface area contributed by atoms with E-state index in [2.05, 4.69) is 4.72 Å². The van der Waals surface area contributed by atoms with Crippen LogP contribution in [0.15, 0.2) is 23.1 Å². The maximum atomic E-state index is 12.0. The van der Waals surface area contributed by atoms with Crippen LogP contribution in [-0.4, -0.2) is 20.5 Å². The lowest BCUT2D eigenvalue weighted by atomic mass is 10.1. The highest BCUT2D eigenvalue weighted by Gasteiger charge is 2.20. The highest BCUT2D eigenvalue weighted by Crippen LogP contribution is 2.22. The molecule has 0 amide bonds. The zero-order valence-electron chi connectivity index (χ0n) is 10.1. The van der Waals surface area contributed by atoms with Crippen LogP contribution in [0.25, 0.3) is 0 Å². The fourth-order valence-corrected chi connectivity index (χ4v) is 3.00. The molecule has 0 aliphatic heterocycles. The number of benzene rings is 1. The van der Waals surface area contributed by atoms with E-state index in [1.807, 2.05) is 6.92 Å². The summed E-state index contributed by atoms with van der Waals surface area (Å²) >= 11 is 5.91. The Morgan fingerprint density at radius 2 is 2.00 bits per heavy atom. The van der Waals surface area contributed by atoms with Crippen molar-refractivity contribution in [2.24, 2.45) is 5.73 Å². The van der Waals surface area contributed by atoms with Crippen molar-refractivity contribution < 1.29 is 8.42 Å². The van der Waals surface area contributed by atoms with Crippen LogP contribution in [0.4, 0.5) is 0 Å². The Kier molecular flexibility index (Phi) is 4.19. The van der Waals surface area contributed by atoms with Gasteiger partial charge in [-0.05, 0) is 38.5 Å². The Labute approximate surface area is 107 Å². The highest BCUT2D eigenvalue weighted by molar-refractivity contribution is 7.89. The van der Waals surface area contributed by atoms with Crippen molar-refractivity contribution in [2.45, 2.75) is 31.2 Å². The Hall–Kier alpha value is -0.620. The molecule has 0 bridgehead atoms. The molecule has 0 atom stereocenters. The smallest absolute Gasteiger partial charge is 0.242 e. The van der Waals surface area contributed by atoms with Gasteiger partial charge in [-0.3, -0.25) is 0 Å². The number of halogens is 1. The standard InChI is InChI=1S/C11H17ClN2O2S/c1-8-4-5-10(9(12)6-8)17(15,16)14-7-11(2,3)13/h4-6,14H,7,13H2,1-3H3. The minimum atomic E-state index is -3.60. The van der Waals surface area contributed by atoms with Gasteiger partial charge in [0.05, 0.1) is 5.02 Å². The van der Waals surface area contributed by atoms with Gasteiger partial charge in [-0.1, -0.05) is 17.7 Å². The highest BCUT2D eigenvalue weighted by atomic mass is 35.5. The van der Waals surface area contributed by atoms with E-state index in [-0.39, 0.29) is 16.5 Å². The average molecular weight is 277 g/mol. The summed E-state index contributed by atoms with van der Waals surface area (Å²) in [5.41, 5.74) is 6.03. The Morgan fingerprint density at radius 1 is 1.41 bits per heavy atom. The molecule has 0 saturated heterocycles. The van der Waals surface area contributed by atoms with Crippen LogP contribution in [0.1, 0.15) is 19.4 Å². The molecule has 1 aromatic carbocycles. The van der Waals surface area contributed by atoms with Gasteiger partial charge in [0, 0.05) is 12.1 Å². The van der Waals surface area contributed by atoms with Crippen LogP contribution in [0.5, 0.6) is 0 Å². The number of hydrogen-bond donors (Lipinski definition) is 2. The molecule has 0 aromatic heterocycles. The molecule has 6 heteroatoms. The third-order valence-electron chi connectivity index (χ3n) is 2.09. The Morgan fingerprint density at radius 3 is 2.47 bits per heavy atom. The summed E-state index contributed by atoms with van der Waals surface area (Å²) in [5, 5.41) is 0.215. The van der Waals surface area contributed by atoms with Gasteiger partial charge in [0.2, 0.25) is 10.0 Å². The van der Waals surface area contributed by atoms with Crippen molar-refractivity contribution in [1.29, 1.82) is 0 Å². The van der Waals surface area contributed by atoms with Gasteiger partial charge in [-0.15, -0.1) is 0 Å². The molecule has 17 heavy (non-hydrogen) atoms. The van der Waals surface area contributed by atoms with E-state index >= 15 is 0 Å². The number of aryl methyl sites for hydroxylation is 1. The van der Waals surface area contributed by atoms with E-state index in [0.717, 1.165) is 5.56 Å². The van der Waals surface area contributed by atoms with E-state index in [1.165, 1.54) is 6.07 Å². The van der Waals surface area contributed by atoms with Crippen molar-refractivity contribution in [3.05, 3.63) is 28.8 Å². The summed E-state index contributed by atoms with van der Waals surface area (Å²) in [4.78, 5) is 0.0778. The molecule has 3 N–H and O–H groups in total. The van der Waals surface area contributed by atoms with Gasteiger partial charge >= 0.3 is 0 Å². The van der Waals surface area contributed by atoms with Crippen LogP contribution >= 0.6 is 11.6 Å². The van der Waals surface area contributed by atoms with E-state index in [9.17, 15) is 8.42 Å². The first kappa shape index (κ1) is 14.4. The minimum absolute atomic E-state index is 0.0778. The summed E-state index contributed by atoms with van der Waals surface area (Å²) < 4.78 is 26.4. The zero-order valence-corrected chi connectivity index (χ0v) is 11.7. The van der Waals surface area contributed by atoms with Crippen molar-refractivity contribution in [3.63, 3.8) is 0 Å². The quantitative estimate of drug-likeness (QED) is 0.879. The summed E-state index contributed by atoms with van der Waals surface area (Å²) in [7, 11) is -3.60. The predicted molar refractivity (Wildman–Crippen MR) is 69.6 cm³/mol. The monoisotopic (exact) mass is 276 g/mol. The molecular formula is C11H17ClN2O2S. The third kappa shape index (κ3) is 4.27. The second kappa shape index (κ2) is 4.94. The number of rotatable bonds is 4. The molecule has 0 saturated carbocycles. The average Bonchev–Trinajstić information content (AvgIpc) is 2.13. The SMILES string of the molecule is Cc1ccc(S(=O)(=O)NCC(C)(C)N)c(Cl)c1. The molecule has 0 aliphatic rings. The van der Waals surface area contributed by atoms with E-state index < -0.39 is 15.6 Å². The minimum Gasteiger partial charge on any atom is -0.324 e. The number of nitrogens with one attached hydrogen (secondary N) is 1. The normalized spacial score (nSPS) is 12.8. The van der Waals surface area contributed by atoms with Gasteiger partial charge < -0.3 is 5.73 Å². The van der Waals surface area contributed by atoms with Crippen LogP contribution in [0.2, 0.25) is 5.02 Å². The van der Waals surface area contributed by atoms with Crippen LogP contribution < -0.4 is 10.5 Å². The Bertz CT molecular complexity index is 507. The fourth-order valence-electron chi connectivity index (χ4n) is 1.18. The molecule has 0 fully saturated rings. The number of sulfonamides is 1. The van der Waals surface area contributed by atoms with Crippen LogP contribution in [0, 0.1) is 6.92 Å². The first-order valence-corrected chi connectivity index (χ1v) is 7.03. The molecule has 1 rings (SSSR count). The maximum absolute atomic E-state index is 12.0.